The first kappa shape index (κ1) is 21.4. The van der Waals surface area contributed by atoms with E-state index in [4.69, 9.17) is 4.98 Å². The molecule has 0 aromatic carbocycles. The molecule has 0 aliphatic heterocycles. The van der Waals surface area contributed by atoms with Gasteiger partial charge in [0.2, 0.25) is 0 Å². The summed E-state index contributed by atoms with van der Waals surface area (Å²) in [7, 11) is 0. The van der Waals surface area contributed by atoms with Crippen LogP contribution in [-0.2, 0) is 13.1 Å². The van der Waals surface area contributed by atoms with E-state index in [9.17, 15) is 4.79 Å². The number of nitrogens with zero attached hydrogens (tertiary/aromatic N) is 7. The Hall–Kier alpha value is -3.49. The van der Waals surface area contributed by atoms with Gasteiger partial charge in [-0.1, -0.05) is 0 Å². The van der Waals surface area contributed by atoms with E-state index in [-0.39, 0.29) is 11.9 Å². The second kappa shape index (κ2) is 8.13. The molecule has 0 atom stereocenters. The van der Waals surface area contributed by atoms with Crippen LogP contribution in [0, 0.1) is 13.8 Å². The highest BCUT2D eigenvalue weighted by molar-refractivity contribution is 6.12. The molecule has 1 saturated carbocycles. The van der Waals surface area contributed by atoms with Crippen LogP contribution in [0.15, 0.2) is 24.7 Å². The molecule has 9 nitrogen and oxygen atoms in total. The largest absolute Gasteiger partial charge is 0.319 e. The number of amides is 1. The standard InChI is InChI=1S/C24H30N8O/c1-6-30-11-18(15(4)28-30)12-31-13-19(10-25-31)26-24(33)20-9-21(17-7-8-17)27-23-22(20)16(5)29-32(23)14(2)3/h9-11,13-14,17H,6-8,12H2,1-5H3,(H,26,33). The highest BCUT2D eigenvalue weighted by Gasteiger charge is 2.29. The van der Waals surface area contributed by atoms with Crippen molar-refractivity contribution in [3.05, 3.63) is 52.9 Å². The average molecular weight is 447 g/mol. The first-order chi connectivity index (χ1) is 15.8. The molecule has 0 bridgehead atoms. The summed E-state index contributed by atoms with van der Waals surface area (Å²) in [6.07, 6.45) is 7.81. The van der Waals surface area contributed by atoms with Gasteiger partial charge in [0.25, 0.3) is 5.91 Å². The fourth-order valence-corrected chi connectivity index (χ4v) is 4.22. The van der Waals surface area contributed by atoms with Crippen LogP contribution in [0.5, 0.6) is 0 Å². The maximum atomic E-state index is 13.4. The Kier molecular flexibility index (Phi) is 5.26. The molecule has 1 aliphatic rings. The molecule has 0 unspecified atom stereocenters. The quantitative estimate of drug-likeness (QED) is 0.459. The zero-order valence-electron chi connectivity index (χ0n) is 19.8. The van der Waals surface area contributed by atoms with E-state index >= 15 is 0 Å². The lowest BCUT2D eigenvalue weighted by molar-refractivity contribution is 0.102. The Morgan fingerprint density at radius 2 is 1.94 bits per heavy atom. The number of carbonyl (C=O) groups excluding carboxylic acids is 1. The first-order valence-corrected chi connectivity index (χ1v) is 11.6. The van der Waals surface area contributed by atoms with E-state index in [0.717, 1.165) is 53.1 Å². The number of hydrogen-bond acceptors (Lipinski definition) is 5. The van der Waals surface area contributed by atoms with Crippen molar-refractivity contribution in [1.29, 1.82) is 0 Å². The van der Waals surface area contributed by atoms with Gasteiger partial charge in [0, 0.05) is 42.2 Å². The van der Waals surface area contributed by atoms with Crippen molar-refractivity contribution in [2.45, 2.75) is 72.5 Å². The minimum atomic E-state index is -0.162. The van der Waals surface area contributed by atoms with Crippen LogP contribution >= 0.6 is 0 Å². The molecule has 5 rings (SSSR count). The number of pyridine rings is 1. The molecule has 1 fully saturated rings. The molecule has 0 saturated heterocycles. The van der Waals surface area contributed by atoms with Gasteiger partial charge in [-0.15, -0.1) is 0 Å². The normalized spacial score (nSPS) is 13.9. The van der Waals surface area contributed by atoms with Crippen LogP contribution < -0.4 is 5.32 Å². The molecular formula is C24H30N8O. The second-order valence-electron chi connectivity index (χ2n) is 9.17. The van der Waals surface area contributed by atoms with Crippen LogP contribution in [0.3, 0.4) is 0 Å². The fourth-order valence-electron chi connectivity index (χ4n) is 4.22. The summed E-state index contributed by atoms with van der Waals surface area (Å²) in [6, 6.07) is 2.11. The molecule has 33 heavy (non-hydrogen) atoms. The van der Waals surface area contributed by atoms with Crippen molar-refractivity contribution >= 4 is 22.6 Å². The summed E-state index contributed by atoms with van der Waals surface area (Å²) in [4.78, 5) is 18.3. The van der Waals surface area contributed by atoms with Gasteiger partial charge >= 0.3 is 0 Å². The molecule has 172 valence electrons. The molecule has 1 amide bonds. The minimum Gasteiger partial charge on any atom is -0.319 e. The van der Waals surface area contributed by atoms with Crippen LogP contribution in [0.4, 0.5) is 5.69 Å². The molecule has 0 radical (unpaired) electrons. The number of rotatable bonds is 7. The lowest BCUT2D eigenvalue weighted by Gasteiger charge is -2.10. The van der Waals surface area contributed by atoms with Gasteiger partial charge in [-0.2, -0.15) is 15.3 Å². The lowest BCUT2D eigenvalue weighted by atomic mass is 10.1. The SMILES string of the molecule is CCn1cc(Cn2cc(NC(=O)c3cc(C4CC4)nc4c3c(C)nn4C(C)C)cn2)c(C)n1. The molecular weight excluding hydrogens is 416 g/mol. The van der Waals surface area contributed by atoms with E-state index in [0.29, 0.717) is 23.7 Å². The molecule has 1 N–H and O–H groups in total. The van der Waals surface area contributed by atoms with Gasteiger partial charge < -0.3 is 5.32 Å². The maximum absolute atomic E-state index is 13.4. The summed E-state index contributed by atoms with van der Waals surface area (Å²) in [5.74, 6) is 0.275. The van der Waals surface area contributed by atoms with Crippen molar-refractivity contribution in [3.63, 3.8) is 0 Å². The number of aromatic nitrogens is 7. The number of hydrogen-bond donors (Lipinski definition) is 1. The monoisotopic (exact) mass is 446 g/mol. The van der Waals surface area contributed by atoms with Gasteiger partial charge in [0.05, 0.1) is 40.8 Å². The van der Waals surface area contributed by atoms with E-state index < -0.39 is 0 Å². The number of carbonyl (C=O) groups is 1. The van der Waals surface area contributed by atoms with Crippen LogP contribution in [0.1, 0.15) is 78.6 Å². The van der Waals surface area contributed by atoms with E-state index in [1.807, 2.05) is 46.4 Å². The summed E-state index contributed by atoms with van der Waals surface area (Å²) < 4.78 is 5.66. The van der Waals surface area contributed by atoms with Crippen molar-refractivity contribution < 1.29 is 4.79 Å². The van der Waals surface area contributed by atoms with Crippen LogP contribution in [0.25, 0.3) is 11.0 Å². The van der Waals surface area contributed by atoms with Crippen molar-refractivity contribution in [2.75, 3.05) is 5.32 Å². The fraction of sp³-hybridized carbons (Fsp3) is 0.458. The number of nitrogens with one attached hydrogen (secondary N) is 1. The van der Waals surface area contributed by atoms with Crippen LogP contribution in [-0.4, -0.2) is 40.2 Å². The topological polar surface area (TPSA) is 95.5 Å². The Labute approximate surface area is 192 Å². The summed E-state index contributed by atoms with van der Waals surface area (Å²) >= 11 is 0. The Balaban J connectivity index is 1.43. The first-order valence-electron chi connectivity index (χ1n) is 11.6. The molecule has 9 heteroatoms. The molecule has 4 aromatic rings. The van der Waals surface area contributed by atoms with Gasteiger partial charge in [-0.25, -0.2) is 9.67 Å². The van der Waals surface area contributed by atoms with E-state index in [1.165, 1.54) is 0 Å². The third kappa shape index (κ3) is 4.03. The lowest BCUT2D eigenvalue weighted by Crippen LogP contribution is -2.14. The van der Waals surface area contributed by atoms with Crippen LogP contribution in [0.2, 0.25) is 0 Å². The predicted octanol–water partition coefficient (Wildman–Crippen LogP) is 4.22. The van der Waals surface area contributed by atoms with Crippen molar-refractivity contribution in [1.82, 2.24) is 34.3 Å². The zero-order valence-corrected chi connectivity index (χ0v) is 19.8. The van der Waals surface area contributed by atoms with E-state index in [2.05, 4.69) is 41.4 Å². The highest BCUT2D eigenvalue weighted by Crippen LogP contribution is 2.40. The van der Waals surface area contributed by atoms with Crippen molar-refractivity contribution in [2.24, 2.45) is 0 Å². The third-order valence-electron chi connectivity index (χ3n) is 6.18. The summed E-state index contributed by atoms with van der Waals surface area (Å²) in [5.41, 5.74) is 5.97. The van der Waals surface area contributed by atoms with Crippen molar-refractivity contribution in [3.8, 4) is 0 Å². The predicted molar refractivity (Wildman–Crippen MR) is 127 cm³/mol. The molecule has 4 aromatic heterocycles. The molecule has 4 heterocycles. The molecule has 1 aliphatic carbocycles. The Morgan fingerprint density at radius 1 is 1.15 bits per heavy atom. The van der Waals surface area contributed by atoms with Gasteiger partial charge in [-0.05, 0) is 53.5 Å². The average Bonchev–Trinajstić information content (AvgIpc) is 3.33. The van der Waals surface area contributed by atoms with Gasteiger partial charge in [-0.3, -0.25) is 14.2 Å². The van der Waals surface area contributed by atoms with Gasteiger partial charge in [0.1, 0.15) is 0 Å². The Morgan fingerprint density at radius 3 is 2.61 bits per heavy atom. The number of anilines is 1. The maximum Gasteiger partial charge on any atom is 0.256 e. The minimum absolute atomic E-state index is 0.162. The summed E-state index contributed by atoms with van der Waals surface area (Å²) in [6.45, 7) is 11.6. The smallest absolute Gasteiger partial charge is 0.256 e. The number of fused-ring (bicyclic) bond motifs is 1. The summed E-state index contributed by atoms with van der Waals surface area (Å²) in [5, 5.41) is 17.5. The van der Waals surface area contributed by atoms with Gasteiger partial charge in [0.15, 0.2) is 5.65 Å². The second-order valence-corrected chi connectivity index (χ2v) is 9.17. The molecule has 0 spiro atoms. The third-order valence-corrected chi connectivity index (χ3v) is 6.18. The van der Waals surface area contributed by atoms with E-state index in [1.54, 1.807) is 6.20 Å². The zero-order chi connectivity index (χ0) is 23.3. The number of aryl methyl sites for hydroxylation is 3. The highest BCUT2D eigenvalue weighted by atomic mass is 16.1. The Bertz CT molecular complexity index is 1340.